The third-order valence-electron chi connectivity index (χ3n) is 7.34. The van der Waals surface area contributed by atoms with Gasteiger partial charge in [-0.05, 0) is 79.3 Å². The highest BCUT2D eigenvalue weighted by Crippen LogP contribution is 2.45. The van der Waals surface area contributed by atoms with E-state index in [1.165, 1.54) is 16.2 Å². The van der Waals surface area contributed by atoms with E-state index in [-0.39, 0.29) is 17.4 Å². The van der Waals surface area contributed by atoms with Crippen molar-refractivity contribution in [3.8, 4) is 5.75 Å². The minimum Gasteiger partial charge on any atom is -0.507 e. The Morgan fingerprint density at radius 2 is 1.87 bits per heavy atom. The van der Waals surface area contributed by atoms with Gasteiger partial charge >= 0.3 is 5.91 Å². The summed E-state index contributed by atoms with van der Waals surface area (Å²) < 4.78 is 6.76. The number of ether oxygens (including phenoxy) is 1. The third-order valence-corrected chi connectivity index (χ3v) is 8.34. The summed E-state index contributed by atoms with van der Waals surface area (Å²) in [6.07, 6.45) is 1.64. The van der Waals surface area contributed by atoms with Crippen LogP contribution in [0.25, 0.3) is 16.0 Å². The van der Waals surface area contributed by atoms with Crippen LogP contribution >= 0.6 is 11.3 Å². The van der Waals surface area contributed by atoms with E-state index in [2.05, 4.69) is 13.0 Å². The van der Waals surface area contributed by atoms with Gasteiger partial charge in [0.25, 0.3) is 5.78 Å². The number of carbonyl (C=O) groups is 2. The van der Waals surface area contributed by atoms with Crippen molar-refractivity contribution >= 4 is 44.1 Å². The fourth-order valence-electron chi connectivity index (χ4n) is 5.47. The number of rotatable bonds is 4. The molecule has 2 atom stereocenters. The molecule has 0 saturated carbocycles. The van der Waals surface area contributed by atoms with E-state index in [0.717, 1.165) is 56.6 Å². The SMILES string of the molecule is CCc1ccc([C@H]2C(=C(O)c3ccc4c(c3)C[C@@H](C)O4)C(=O)C(=O)N2c2nc3c(C)cc(C)cc3s2)cc1. The molecule has 0 unspecified atom stereocenters. The number of nitrogens with zero attached hydrogens (tertiary/aromatic N) is 2. The first-order valence-corrected chi connectivity index (χ1v) is 13.6. The Bertz CT molecular complexity index is 1650. The second kappa shape index (κ2) is 9.10. The summed E-state index contributed by atoms with van der Waals surface area (Å²) in [5.41, 5.74) is 6.34. The van der Waals surface area contributed by atoms with Crippen LogP contribution in [0, 0.1) is 13.8 Å². The number of aryl methyl sites for hydroxylation is 3. The molecule has 4 aromatic rings. The van der Waals surface area contributed by atoms with Crippen molar-refractivity contribution in [1.82, 2.24) is 4.98 Å². The molecule has 1 N–H and O–H groups in total. The van der Waals surface area contributed by atoms with E-state index < -0.39 is 17.7 Å². The monoisotopic (exact) mass is 524 g/mol. The van der Waals surface area contributed by atoms with Gasteiger partial charge < -0.3 is 9.84 Å². The van der Waals surface area contributed by atoms with Gasteiger partial charge in [-0.3, -0.25) is 14.5 Å². The Morgan fingerprint density at radius 1 is 1.11 bits per heavy atom. The van der Waals surface area contributed by atoms with Crippen LogP contribution in [0.5, 0.6) is 5.75 Å². The summed E-state index contributed by atoms with van der Waals surface area (Å²) in [7, 11) is 0. The highest BCUT2D eigenvalue weighted by molar-refractivity contribution is 7.22. The summed E-state index contributed by atoms with van der Waals surface area (Å²) in [4.78, 5) is 33.4. The topological polar surface area (TPSA) is 79.7 Å². The zero-order valence-electron chi connectivity index (χ0n) is 21.7. The van der Waals surface area contributed by atoms with Crippen molar-refractivity contribution in [2.75, 3.05) is 4.90 Å². The summed E-state index contributed by atoms with van der Waals surface area (Å²) in [5.74, 6) is -0.820. The first-order valence-electron chi connectivity index (χ1n) is 12.8. The lowest BCUT2D eigenvalue weighted by molar-refractivity contribution is -0.132. The lowest BCUT2D eigenvalue weighted by atomic mass is 9.94. The predicted molar refractivity (Wildman–Crippen MR) is 150 cm³/mol. The predicted octanol–water partition coefficient (Wildman–Crippen LogP) is 6.43. The highest BCUT2D eigenvalue weighted by atomic mass is 32.1. The number of benzene rings is 3. The van der Waals surface area contributed by atoms with Crippen molar-refractivity contribution in [3.05, 3.63) is 93.6 Å². The molecule has 3 aromatic carbocycles. The Labute approximate surface area is 225 Å². The van der Waals surface area contributed by atoms with Crippen LogP contribution in [0.3, 0.4) is 0 Å². The number of ketones is 1. The van der Waals surface area contributed by atoms with E-state index in [1.807, 2.05) is 63.2 Å². The fraction of sp³-hybridized carbons (Fsp3) is 0.258. The van der Waals surface area contributed by atoms with Crippen LogP contribution in [0.4, 0.5) is 5.13 Å². The number of amides is 1. The van der Waals surface area contributed by atoms with Gasteiger partial charge in [-0.2, -0.15) is 0 Å². The zero-order chi connectivity index (χ0) is 26.7. The minimum atomic E-state index is -0.800. The van der Waals surface area contributed by atoms with Gasteiger partial charge in [-0.25, -0.2) is 4.98 Å². The van der Waals surface area contributed by atoms with E-state index in [0.29, 0.717) is 10.7 Å². The van der Waals surface area contributed by atoms with E-state index in [4.69, 9.17) is 9.72 Å². The maximum Gasteiger partial charge on any atom is 0.301 e. The molecule has 1 saturated heterocycles. The van der Waals surface area contributed by atoms with Crippen LogP contribution in [-0.2, 0) is 22.4 Å². The average molecular weight is 525 g/mol. The summed E-state index contributed by atoms with van der Waals surface area (Å²) in [6, 6.07) is 16.5. The third kappa shape index (κ3) is 3.89. The van der Waals surface area contributed by atoms with E-state index in [9.17, 15) is 14.7 Å². The second-order valence-corrected chi connectivity index (χ2v) is 11.2. The number of hydrogen-bond acceptors (Lipinski definition) is 6. The average Bonchev–Trinajstić information content (AvgIpc) is 3.56. The van der Waals surface area contributed by atoms with Gasteiger partial charge in [-0.15, -0.1) is 0 Å². The number of carbonyl (C=O) groups excluding carboxylic acids is 2. The molecule has 6 nitrogen and oxygen atoms in total. The van der Waals surface area contributed by atoms with Gasteiger partial charge in [0, 0.05) is 12.0 Å². The number of hydrogen-bond donors (Lipinski definition) is 1. The van der Waals surface area contributed by atoms with Crippen molar-refractivity contribution in [2.45, 2.75) is 52.7 Å². The van der Waals surface area contributed by atoms with Crippen LogP contribution in [-0.4, -0.2) is 27.9 Å². The molecule has 6 rings (SSSR count). The maximum atomic E-state index is 13.6. The summed E-state index contributed by atoms with van der Waals surface area (Å²) >= 11 is 1.38. The lowest BCUT2D eigenvalue weighted by Crippen LogP contribution is -2.29. The first kappa shape index (κ1) is 24.4. The van der Waals surface area contributed by atoms with Gasteiger partial charge in [0.2, 0.25) is 0 Å². The summed E-state index contributed by atoms with van der Waals surface area (Å²) in [5, 5.41) is 12.0. The van der Waals surface area contributed by atoms with Gasteiger partial charge in [-0.1, -0.05) is 48.6 Å². The Hall–Kier alpha value is -3.97. The molecule has 7 heteroatoms. The lowest BCUT2D eigenvalue weighted by Gasteiger charge is -2.23. The molecule has 2 aliphatic heterocycles. The zero-order valence-corrected chi connectivity index (χ0v) is 22.6. The van der Waals surface area contributed by atoms with Crippen molar-refractivity contribution in [3.63, 3.8) is 0 Å². The molecule has 1 aromatic heterocycles. The Morgan fingerprint density at radius 3 is 2.61 bits per heavy atom. The molecule has 2 aliphatic rings. The quantitative estimate of drug-likeness (QED) is 0.189. The van der Waals surface area contributed by atoms with Gasteiger partial charge in [0.15, 0.2) is 5.13 Å². The maximum absolute atomic E-state index is 13.6. The van der Waals surface area contributed by atoms with Gasteiger partial charge in [0.1, 0.15) is 17.6 Å². The standard InChI is InChI=1S/C31H28N2O4S/c1-5-19-6-8-20(9-7-19)27-25(28(34)21-10-11-23-22(15-21)14-18(4)37-23)29(35)30(36)33(27)31-32-26-17(3)12-16(2)13-24(26)38-31/h6-13,15,18,27,34H,5,14H2,1-4H3/t18-,27+/m1/s1. The largest absolute Gasteiger partial charge is 0.507 e. The minimum absolute atomic E-state index is 0.0520. The molecular weight excluding hydrogens is 496 g/mol. The normalized spacial score (nSPS) is 20.3. The van der Waals surface area contributed by atoms with E-state index in [1.54, 1.807) is 6.07 Å². The van der Waals surface area contributed by atoms with Gasteiger partial charge in [0.05, 0.1) is 21.8 Å². The molecule has 192 valence electrons. The molecule has 1 amide bonds. The van der Waals surface area contributed by atoms with Crippen molar-refractivity contribution < 1.29 is 19.4 Å². The molecule has 1 fully saturated rings. The smallest absolute Gasteiger partial charge is 0.301 e. The number of aromatic nitrogens is 1. The second-order valence-electron chi connectivity index (χ2n) is 10.1. The summed E-state index contributed by atoms with van der Waals surface area (Å²) in [6.45, 7) is 8.08. The molecule has 3 heterocycles. The Balaban J connectivity index is 1.54. The number of aliphatic hydroxyl groups excluding tert-OH is 1. The van der Waals surface area contributed by atoms with Crippen LogP contribution in [0.1, 0.15) is 53.3 Å². The first-order chi connectivity index (χ1) is 18.2. The molecule has 0 spiro atoms. The van der Waals surface area contributed by atoms with Crippen molar-refractivity contribution in [1.29, 1.82) is 0 Å². The number of Topliss-reactive ketones (excluding diaryl/α,β-unsaturated/α-hetero) is 1. The Kier molecular flexibility index (Phi) is 5.83. The number of fused-ring (bicyclic) bond motifs is 2. The number of anilines is 1. The van der Waals surface area contributed by atoms with Crippen molar-refractivity contribution in [2.24, 2.45) is 0 Å². The number of aliphatic hydroxyl groups is 1. The molecule has 0 radical (unpaired) electrons. The van der Waals surface area contributed by atoms with Crippen LogP contribution in [0.2, 0.25) is 0 Å². The molecule has 0 bridgehead atoms. The van der Waals surface area contributed by atoms with Crippen LogP contribution < -0.4 is 9.64 Å². The molecule has 38 heavy (non-hydrogen) atoms. The van der Waals surface area contributed by atoms with Crippen LogP contribution in [0.15, 0.2) is 60.2 Å². The van der Waals surface area contributed by atoms with E-state index >= 15 is 0 Å². The number of thiazole rings is 1. The molecular formula is C31H28N2O4S. The fourth-order valence-corrected chi connectivity index (χ4v) is 6.64. The highest BCUT2D eigenvalue weighted by Gasteiger charge is 2.48. The molecule has 0 aliphatic carbocycles.